The van der Waals surface area contributed by atoms with Crippen molar-refractivity contribution < 1.29 is 0 Å². The van der Waals surface area contributed by atoms with Gasteiger partial charge in [0.25, 0.3) is 0 Å². The lowest BCUT2D eigenvalue weighted by Crippen LogP contribution is -2.31. The van der Waals surface area contributed by atoms with Gasteiger partial charge in [-0.3, -0.25) is 10.5 Å². The second kappa shape index (κ2) is 6.32. The zero-order valence-electron chi connectivity index (χ0n) is 11.2. The van der Waals surface area contributed by atoms with Crippen LogP contribution in [0.2, 0.25) is 0 Å². The highest BCUT2D eigenvalue weighted by Crippen LogP contribution is 2.30. The Morgan fingerprint density at radius 1 is 1.42 bits per heavy atom. The predicted octanol–water partition coefficient (Wildman–Crippen LogP) is 2.92. The van der Waals surface area contributed by atoms with Crippen LogP contribution in [0, 0.1) is 6.92 Å². The molecule has 102 valence electrons. The van der Waals surface area contributed by atoms with E-state index in [0.717, 1.165) is 28.7 Å². The van der Waals surface area contributed by atoms with E-state index in [1.165, 1.54) is 5.56 Å². The number of hydrogen-bond acceptors (Lipinski definition) is 3. The SMILES string of the molecule is CCCn1nccc1C(NN)c1cccc(C)c1Br. The molecule has 0 saturated carbocycles. The average molecular weight is 323 g/mol. The number of rotatable bonds is 5. The smallest absolute Gasteiger partial charge is 0.0889 e. The first-order chi connectivity index (χ1) is 9.19. The summed E-state index contributed by atoms with van der Waals surface area (Å²) in [6.45, 7) is 5.10. The molecule has 0 fully saturated rings. The first-order valence-electron chi connectivity index (χ1n) is 6.41. The van der Waals surface area contributed by atoms with E-state index in [4.69, 9.17) is 5.84 Å². The van der Waals surface area contributed by atoms with E-state index in [2.05, 4.69) is 52.4 Å². The van der Waals surface area contributed by atoms with Crippen LogP contribution < -0.4 is 11.3 Å². The van der Waals surface area contributed by atoms with E-state index < -0.39 is 0 Å². The van der Waals surface area contributed by atoms with Gasteiger partial charge in [-0.15, -0.1) is 0 Å². The highest BCUT2D eigenvalue weighted by atomic mass is 79.9. The quantitative estimate of drug-likeness (QED) is 0.657. The molecule has 1 aromatic heterocycles. The highest BCUT2D eigenvalue weighted by Gasteiger charge is 2.19. The molecule has 1 aromatic carbocycles. The molecular formula is C14H19BrN4. The van der Waals surface area contributed by atoms with Crippen LogP contribution >= 0.6 is 15.9 Å². The third-order valence-corrected chi connectivity index (χ3v) is 4.26. The van der Waals surface area contributed by atoms with Crippen LogP contribution in [0.25, 0.3) is 0 Å². The van der Waals surface area contributed by atoms with Crippen molar-refractivity contribution in [3.8, 4) is 0 Å². The van der Waals surface area contributed by atoms with Crippen LogP contribution in [-0.4, -0.2) is 9.78 Å². The molecule has 3 N–H and O–H groups in total. The van der Waals surface area contributed by atoms with Crippen molar-refractivity contribution in [2.75, 3.05) is 0 Å². The summed E-state index contributed by atoms with van der Waals surface area (Å²) in [6, 6.07) is 8.13. The Kier molecular flexibility index (Phi) is 4.74. The van der Waals surface area contributed by atoms with E-state index in [-0.39, 0.29) is 6.04 Å². The molecular weight excluding hydrogens is 304 g/mol. The summed E-state index contributed by atoms with van der Waals surface area (Å²) in [5, 5.41) is 4.36. The Bertz CT molecular complexity index is 550. The zero-order valence-corrected chi connectivity index (χ0v) is 12.8. The van der Waals surface area contributed by atoms with Crippen molar-refractivity contribution in [1.29, 1.82) is 0 Å². The fourth-order valence-electron chi connectivity index (χ4n) is 2.21. The molecule has 0 saturated heterocycles. The lowest BCUT2D eigenvalue weighted by atomic mass is 10.0. The number of hydrazine groups is 1. The Morgan fingerprint density at radius 3 is 2.89 bits per heavy atom. The summed E-state index contributed by atoms with van der Waals surface area (Å²) in [7, 11) is 0. The van der Waals surface area contributed by atoms with E-state index in [0.29, 0.717) is 0 Å². The van der Waals surface area contributed by atoms with Gasteiger partial charge in [-0.25, -0.2) is 5.43 Å². The van der Waals surface area contributed by atoms with Crippen LogP contribution in [-0.2, 0) is 6.54 Å². The number of hydrogen-bond donors (Lipinski definition) is 2. The number of nitrogens with zero attached hydrogens (tertiary/aromatic N) is 2. The Hall–Kier alpha value is -1.17. The summed E-state index contributed by atoms with van der Waals surface area (Å²) >= 11 is 3.65. The van der Waals surface area contributed by atoms with Crippen LogP contribution in [0.3, 0.4) is 0 Å². The predicted molar refractivity (Wildman–Crippen MR) is 80.6 cm³/mol. The Morgan fingerprint density at radius 2 is 2.21 bits per heavy atom. The van der Waals surface area contributed by atoms with Crippen molar-refractivity contribution in [2.24, 2.45) is 5.84 Å². The average Bonchev–Trinajstić information content (AvgIpc) is 2.84. The van der Waals surface area contributed by atoms with Crippen molar-refractivity contribution in [3.05, 3.63) is 51.8 Å². The molecule has 5 heteroatoms. The monoisotopic (exact) mass is 322 g/mol. The second-order valence-corrected chi connectivity index (χ2v) is 5.35. The summed E-state index contributed by atoms with van der Waals surface area (Å²) in [5.74, 6) is 5.77. The van der Waals surface area contributed by atoms with Crippen molar-refractivity contribution >= 4 is 15.9 Å². The first kappa shape index (κ1) is 14.2. The molecule has 0 radical (unpaired) electrons. The van der Waals surface area contributed by atoms with E-state index in [9.17, 15) is 0 Å². The molecule has 1 unspecified atom stereocenters. The second-order valence-electron chi connectivity index (χ2n) is 4.56. The van der Waals surface area contributed by atoms with E-state index in [1.54, 1.807) is 0 Å². The minimum atomic E-state index is -0.0664. The molecule has 0 aliphatic rings. The van der Waals surface area contributed by atoms with Crippen molar-refractivity contribution in [1.82, 2.24) is 15.2 Å². The summed E-state index contributed by atoms with van der Waals surface area (Å²) in [5.41, 5.74) is 6.30. The largest absolute Gasteiger partial charge is 0.271 e. The standard InChI is InChI=1S/C14H19BrN4/c1-3-9-19-12(7-8-17-19)14(18-16)11-6-4-5-10(2)13(11)15/h4-8,14,18H,3,9,16H2,1-2H3. The number of aromatic nitrogens is 2. The van der Waals surface area contributed by atoms with Gasteiger partial charge in [-0.1, -0.05) is 41.1 Å². The maximum atomic E-state index is 5.77. The van der Waals surface area contributed by atoms with Gasteiger partial charge in [0.15, 0.2) is 0 Å². The van der Waals surface area contributed by atoms with Gasteiger partial charge in [0.2, 0.25) is 0 Å². The third-order valence-electron chi connectivity index (χ3n) is 3.18. The lowest BCUT2D eigenvalue weighted by Gasteiger charge is -2.20. The molecule has 0 amide bonds. The zero-order chi connectivity index (χ0) is 13.8. The fraction of sp³-hybridized carbons (Fsp3) is 0.357. The maximum absolute atomic E-state index is 5.77. The van der Waals surface area contributed by atoms with Crippen molar-refractivity contribution in [3.63, 3.8) is 0 Å². The number of nitrogens with two attached hydrogens (primary N) is 1. The first-order valence-corrected chi connectivity index (χ1v) is 7.21. The van der Waals surface area contributed by atoms with Gasteiger partial charge in [-0.05, 0) is 30.5 Å². The minimum Gasteiger partial charge on any atom is -0.271 e. The fourth-order valence-corrected chi connectivity index (χ4v) is 2.71. The van der Waals surface area contributed by atoms with Crippen molar-refractivity contribution in [2.45, 2.75) is 32.9 Å². The Labute approximate surface area is 122 Å². The molecule has 0 aliphatic heterocycles. The van der Waals surface area contributed by atoms with Gasteiger partial charge in [0, 0.05) is 17.2 Å². The van der Waals surface area contributed by atoms with Gasteiger partial charge in [0.05, 0.1) is 11.7 Å². The lowest BCUT2D eigenvalue weighted by molar-refractivity contribution is 0.520. The minimum absolute atomic E-state index is 0.0664. The van der Waals surface area contributed by atoms with Crippen LogP contribution in [0.1, 0.15) is 36.2 Å². The summed E-state index contributed by atoms with van der Waals surface area (Å²) in [4.78, 5) is 0. The number of aryl methyl sites for hydroxylation is 2. The van der Waals surface area contributed by atoms with Gasteiger partial charge >= 0.3 is 0 Å². The topological polar surface area (TPSA) is 55.9 Å². The van der Waals surface area contributed by atoms with E-state index in [1.807, 2.05) is 23.0 Å². The molecule has 4 nitrogen and oxygen atoms in total. The maximum Gasteiger partial charge on any atom is 0.0889 e. The van der Waals surface area contributed by atoms with Gasteiger partial charge in [0.1, 0.15) is 0 Å². The molecule has 2 aromatic rings. The molecule has 0 bridgehead atoms. The third kappa shape index (κ3) is 2.88. The molecule has 0 spiro atoms. The van der Waals surface area contributed by atoms with Gasteiger partial charge in [-0.2, -0.15) is 5.10 Å². The number of halogens is 1. The number of nitrogens with one attached hydrogen (secondary N) is 1. The molecule has 19 heavy (non-hydrogen) atoms. The molecule has 0 aliphatic carbocycles. The van der Waals surface area contributed by atoms with Crippen LogP contribution in [0.15, 0.2) is 34.9 Å². The Balaban J connectivity index is 2.44. The number of benzene rings is 1. The normalized spacial score (nSPS) is 12.6. The highest BCUT2D eigenvalue weighted by molar-refractivity contribution is 9.10. The van der Waals surface area contributed by atoms with Crippen LogP contribution in [0.5, 0.6) is 0 Å². The van der Waals surface area contributed by atoms with Crippen LogP contribution in [0.4, 0.5) is 0 Å². The molecule has 1 atom stereocenters. The molecule has 2 rings (SSSR count). The van der Waals surface area contributed by atoms with E-state index >= 15 is 0 Å². The van der Waals surface area contributed by atoms with Gasteiger partial charge < -0.3 is 0 Å². The summed E-state index contributed by atoms with van der Waals surface area (Å²) < 4.78 is 3.08. The molecule has 1 heterocycles. The summed E-state index contributed by atoms with van der Waals surface area (Å²) in [6.07, 6.45) is 2.86.